The maximum atomic E-state index is 12.3. The molecule has 1 saturated heterocycles. The summed E-state index contributed by atoms with van der Waals surface area (Å²) in [5.41, 5.74) is 6.84. The smallest absolute Gasteiger partial charge is 0.245 e. The molecule has 0 aromatic heterocycles. The fourth-order valence-corrected chi connectivity index (χ4v) is 2.22. The second-order valence-electron chi connectivity index (χ2n) is 4.35. The summed E-state index contributed by atoms with van der Waals surface area (Å²) in [7, 11) is 1.89. The van der Waals surface area contributed by atoms with Crippen LogP contribution in [0.1, 0.15) is 5.56 Å². The van der Waals surface area contributed by atoms with E-state index in [0.717, 1.165) is 6.54 Å². The minimum absolute atomic E-state index is 0.0334. The van der Waals surface area contributed by atoms with Crippen LogP contribution < -0.4 is 10.6 Å². The lowest BCUT2D eigenvalue weighted by Crippen LogP contribution is -2.58. The van der Waals surface area contributed by atoms with E-state index in [1.54, 1.807) is 23.1 Å². The number of hydrogen-bond acceptors (Lipinski definition) is 4. The lowest BCUT2D eigenvalue weighted by molar-refractivity contribution is -0.124. The standard InChI is InChI=1S/C13H16N4O/c1-16-6-7-17(13(18)12(16)9-15)11-5-3-2-4-10(11)8-14/h2-5,12H,6-7,9,15H2,1H3. The minimum Gasteiger partial charge on any atom is -0.328 e. The molecule has 2 N–H and O–H groups in total. The molecule has 0 spiro atoms. The van der Waals surface area contributed by atoms with Crippen molar-refractivity contribution in [1.29, 1.82) is 5.26 Å². The highest BCUT2D eigenvalue weighted by Crippen LogP contribution is 2.23. The summed E-state index contributed by atoms with van der Waals surface area (Å²) in [4.78, 5) is 15.9. The van der Waals surface area contributed by atoms with Crippen LogP contribution in [-0.4, -0.2) is 43.5 Å². The van der Waals surface area contributed by atoms with Gasteiger partial charge in [0.05, 0.1) is 11.3 Å². The molecule has 1 aliphatic rings. The molecule has 1 atom stereocenters. The molecule has 5 nitrogen and oxygen atoms in total. The number of nitrogens with two attached hydrogens (primary N) is 1. The number of amides is 1. The normalized spacial score (nSPS) is 20.8. The van der Waals surface area contributed by atoms with Gasteiger partial charge in [0.1, 0.15) is 12.1 Å². The predicted molar refractivity (Wildman–Crippen MR) is 69.0 cm³/mol. The quantitative estimate of drug-likeness (QED) is 0.804. The zero-order chi connectivity index (χ0) is 13.1. The van der Waals surface area contributed by atoms with Crippen LogP contribution in [0.15, 0.2) is 24.3 Å². The lowest BCUT2D eigenvalue weighted by atomic mass is 10.1. The second-order valence-corrected chi connectivity index (χ2v) is 4.35. The molecular formula is C13H16N4O. The number of likely N-dealkylation sites (N-methyl/N-ethyl adjacent to an activating group) is 1. The number of carbonyl (C=O) groups excluding carboxylic acids is 1. The van der Waals surface area contributed by atoms with Gasteiger partial charge in [-0.2, -0.15) is 5.26 Å². The summed E-state index contributed by atoms with van der Waals surface area (Å²) in [6.07, 6.45) is 0. The highest BCUT2D eigenvalue weighted by molar-refractivity contribution is 5.99. The Kier molecular flexibility index (Phi) is 3.60. The Morgan fingerprint density at radius 3 is 2.83 bits per heavy atom. The van der Waals surface area contributed by atoms with Gasteiger partial charge in [-0.1, -0.05) is 12.1 Å². The van der Waals surface area contributed by atoms with Gasteiger partial charge >= 0.3 is 0 Å². The van der Waals surface area contributed by atoms with Crippen LogP contribution in [0, 0.1) is 11.3 Å². The maximum absolute atomic E-state index is 12.3. The number of para-hydroxylation sites is 1. The summed E-state index contributed by atoms with van der Waals surface area (Å²) < 4.78 is 0. The van der Waals surface area contributed by atoms with Crippen molar-refractivity contribution in [1.82, 2.24) is 4.90 Å². The van der Waals surface area contributed by atoms with E-state index in [9.17, 15) is 4.79 Å². The summed E-state index contributed by atoms with van der Waals surface area (Å²) in [6, 6.07) is 8.97. The Bertz CT molecular complexity index is 494. The molecule has 0 bridgehead atoms. The lowest BCUT2D eigenvalue weighted by Gasteiger charge is -2.38. The third-order valence-electron chi connectivity index (χ3n) is 3.30. The highest BCUT2D eigenvalue weighted by Gasteiger charge is 2.33. The van der Waals surface area contributed by atoms with E-state index in [-0.39, 0.29) is 11.9 Å². The van der Waals surface area contributed by atoms with Crippen LogP contribution in [0.5, 0.6) is 0 Å². The Hall–Kier alpha value is -1.90. The summed E-state index contributed by atoms with van der Waals surface area (Å²) in [5, 5.41) is 9.09. The van der Waals surface area contributed by atoms with E-state index >= 15 is 0 Å². The van der Waals surface area contributed by atoms with Crippen LogP contribution in [0.2, 0.25) is 0 Å². The van der Waals surface area contributed by atoms with Crippen LogP contribution in [-0.2, 0) is 4.79 Å². The van der Waals surface area contributed by atoms with Gasteiger partial charge < -0.3 is 10.6 Å². The van der Waals surface area contributed by atoms with Crippen molar-refractivity contribution in [2.75, 3.05) is 31.6 Å². The van der Waals surface area contributed by atoms with Gasteiger partial charge in [-0.05, 0) is 19.2 Å². The maximum Gasteiger partial charge on any atom is 0.245 e. The van der Waals surface area contributed by atoms with Gasteiger partial charge in [0.15, 0.2) is 0 Å². The molecule has 18 heavy (non-hydrogen) atoms. The van der Waals surface area contributed by atoms with Gasteiger partial charge in [-0.3, -0.25) is 9.69 Å². The molecule has 1 aromatic rings. The van der Waals surface area contributed by atoms with Gasteiger partial charge in [0.2, 0.25) is 5.91 Å². The molecule has 1 fully saturated rings. The fraction of sp³-hybridized carbons (Fsp3) is 0.385. The Morgan fingerprint density at radius 1 is 1.44 bits per heavy atom. The Labute approximate surface area is 106 Å². The van der Waals surface area contributed by atoms with Gasteiger partial charge in [-0.25, -0.2) is 0 Å². The summed E-state index contributed by atoms with van der Waals surface area (Å²) in [6.45, 7) is 1.64. The summed E-state index contributed by atoms with van der Waals surface area (Å²) >= 11 is 0. The second kappa shape index (κ2) is 5.17. The number of piperazine rings is 1. The van der Waals surface area contributed by atoms with Crippen LogP contribution in [0.25, 0.3) is 0 Å². The van der Waals surface area contributed by atoms with Crippen molar-refractivity contribution < 1.29 is 4.79 Å². The molecule has 0 aliphatic carbocycles. The number of hydrogen-bond donors (Lipinski definition) is 1. The van der Waals surface area contributed by atoms with E-state index in [1.807, 2.05) is 18.0 Å². The molecule has 0 saturated carbocycles. The zero-order valence-corrected chi connectivity index (χ0v) is 10.3. The van der Waals surface area contributed by atoms with Crippen molar-refractivity contribution >= 4 is 11.6 Å². The van der Waals surface area contributed by atoms with Crippen molar-refractivity contribution in [3.05, 3.63) is 29.8 Å². The largest absolute Gasteiger partial charge is 0.328 e. The zero-order valence-electron chi connectivity index (χ0n) is 10.3. The van der Waals surface area contributed by atoms with Crippen molar-refractivity contribution in [3.63, 3.8) is 0 Å². The average molecular weight is 244 g/mol. The van der Waals surface area contributed by atoms with E-state index in [0.29, 0.717) is 24.3 Å². The number of benzene rings is 1. The van der Waals surface area contributed by atoms with Gasteiger partial charge in [0, 0.05) is 19.6 Å². The first-order chi connectivity index (χ1) is 8.69. The Balaban J connectivity index is 2.34. The highest BCUT2D eigenvalue weighted by atomic mass is 16.2. The van der Waals surface area contributed by atoms with Crippen molar-refractivity contribution in [3.8, 4) is 6.07 Å². The van der Waals surface area contributed by atoms with Crippen LogP contribution in [0.4, 0.5) is 5.69 Å². The molecule has 0 radical (unpaired) electrons. The summed E-state index contributed by atoms with van der Waals surface area (Å²) in [5.74, 6) is -0.0334. The minimum atomic E-state index is -0.300. The molecule has 1 unspecified atom stereocenters. The van der Waals surface area contributed by atoms with Gasteiger partial charge in [-0.15, -0.1) is 0 Å². The first-order valence-corrected chi connectivity index (χ1v) is 5.90. The van der Waals surface area contributed by atoms with Crippen molar-refractivity contribution in [2.24, 2.45) is 5.73 Å². The number of rotatable bonds is 2. The molecule has 5 heteroatoms. The van der Waals surface area contributed by atoms with Gasteiger partial charge in [0.25, 0.3) is 0 Å². The monoisotopic (exact) mass is 244 g/mol. The predicted octanol–water partition coefficient (Wildman–Crippen LogP) is 0.164. The average Bonchev–Trinajstić information content (AvgIpc) is 2.39. The van der Waals surface area contributed by atoms with E-state index in [2.05, 4.69) is 6.07 Å². The molecule has 1 aromatic carbocycles. The Morgan fingerprint density at radius 2 is 2.17 bits per heavy atom. The topological polar surface area (TPSA) is 73.4 Å². The third-order valence-corrected chi connectivity index (χ3v) is 3.30. The number of carbonyl (C=O) groups is 1. The first kappa shape index (κ1) is 12.6. The third kappa shape index (κ3) is 2.08. The SMILES string of the molecule is CN1CCN(c2ccccc2C#N)C(=O)C1CN. The molecule has 1 amide bonds. The van der Waals surface area contributed by atoms with E-state index in [4.69, 9.17) is 11.0 Å². The molecule has 1 aliphatic heterocycles. The molecule has 1 heterocycles. The molecule has 94 valence electrons. The number of nitrogens with zero attached hydrogens (tertiary/aromatic N) is 3. The van der Waals surface area contributed by atoms with E-state index < -0.39 is 0 Å². The fourth-order valence-electron chi connectivity index (χ4n) is 2.22. The first-order valence-electron chi connectivity index (χ1n) is 5.90. The molecule has 2 rings (SSSR count). The van der Waals surface area contributed by atoms with E-state index in [1.165, 1.54) is 0 Å². The molecular weight excluding hydrogens is 228 g/mol. The van der Waals surface area contributed by atoms with Crippen LogP contribution >= 0.6 is 0 Å². The van der Waals surface area contributed by atoms with Crippen LogP contribution in [0.3, 0.4) is 0 Å². The number of anilines is 1. The van der Waals surface area contributed by atoms with Crippen molar-refractivity contribution in [2.45, 2.75) is 6.04 Å². The number of nitriles is 1.